The average molecular weight is 421 g/mol. The van der Waals surface area contributed by atoms with Gasteiger partial charge in [-0.25, -0.2) is 12.8 Å². The molecule has 1 aliphatic rings. The zero-order chi connectivity index (χ0) is 21.0. The Hall–Kier alpha value is -2.45. The average Bonchev–Trinajstić information content (AvgIpc) is 2.74. The molecule has 29 heavy (non-hydrogen) atoms. The van der Waals surface area contributed by atoms with Gasteiger partial charge in [0.1, 0.15) is 0 Å². The standard InChI is InChI=1S/C21H25FN2O4S/c1-15(16-10-11-20(28-2)19(22)13-16)23-21(25)17-7-6-12-24(14-17)29(26,27)18-8-4-3-5-9-18/h3-5,8-11,13,15,17H,6-7,12,14H2,1-2H3,(H,23,25). The molecular weight excluding hydrogens is 395 g/mol. The third-order valence-electron chi connectivity index (χ3n) is 5.17. The predicted octanol–water partition coefficient (Wildman–Crippen LogP) is 3.11. The number of ether oxygens (including phenoxy) is 1. The monoisotopic (exact) mass is 420 g/mol. The Morgan fingerprint density at radius 3 is 2.62 bits per heavy atom. The van der Waals surface area contributed by atoms with Gasteiger partial charge in [-0.2, -0.15) is 4.31 Å². The van der Waals surface area contributed by atoms with Crippen LogP contribution in [0.3, 0.4) is 0 Å². The lowest BCUT2D eigenvalue weighted by atomic mass is 9.98. The van der Waals surface area contributed by atoms with E-state index in [0.717, 1.165) is 0 Å². The van der Waals surface area contributed by atoms with Gasteiger partial charge in [-0.15, -0.1) is 0 Å². The van der Waals surface area contributed by atoms with Crippen molar-refractivity contribution in [2.24, 2.45) is 5.92 Å². The number of piperidine rings is 1. The summed E-state index contributed by atoms with van der Waals surface area (Å²) in [6, 6.07) is 12.4. The van der Waals surface area contributed by atoms with Gasteiger partial charge in [-0.05, 0) is 49.6 Å². The molecule has 2 aromatic carbocycles. The van der Waals surface area contributed by atoms with Gasteiger partial charge in [-0.3, -0.25) is 4.79 Å². The molecule has 2 aromatic rings. The molecule has 2 unspecified atom stereocenters. The van der Waals surface area contributed by atoms with Crippen molar-refractivity contribution in [3.63, 3.8) is 0 Å². The van der Waals surface area contributed by atoms with Gasteiger partial charge in [0, 0.05) is 13.1 Å². The van der Waals surface area contributed by atoms with E-state index < -0.39 is 27.8 Å². The summed E-state index contributed by atoms with van der Waals surface area (Å²) in [6.07, 6.45) is 1.21. The first-order chi connectivity index (χ1) is 13.8. The van der Waals surface area contributed by atoms with E-state index in [4.69, 9.17) is 4.74 Å². The van der Waals surface area contributed by atoms with E-state index >= 15 is 0 Å². The van der Waals surface area contributed by atoms with Crippen molar-refractivity contribution in [3.05, 3.63) is 59.9 Å². The Kier molecular flexibility index (Phi) is 6.54. The smallest absolute Gasteiger partial charge is 0.243 e. The van der Waals surface area contributed by atoms with Crippen LogP contribution in [0.5, 0.6) is 5.75 Å². The number of carbonyl (C=O) groups excluding carboxylic acids is 1. The van der Waals surface area contributed by atoms with Crippen molar-refractivity contribution < 1.29 is 22.3 Å². The number of amides is 1. The summed E-state index contributed by atoms with van der Waals surface area (Å²) < 4.78 is 45.9. The zero-order valence-corrected chi connectivity index (χ0v) is 17.3. The van der Waals surface area contributed by atoms with Gasteiger partial charge in [0.05, 0.1) is 24.0 Å². The summed E-state index contributed by atoms with van der Waals surface area (Å²) >= 11 is 0. The highest BCUT2D eigenvalue weighted by Gasteiger charge is 2.33. The molecule has 1 fully saturated rings. The largest absolute Gasteiger partial charge is 0.494 e. The summed E-state index contributed by atoms with van der Waals surface area (Å²) in [7, 11) is -2.24. The quantitative estimate of drug-likeness (QED) is 0.779. The Labute approximate surface area is 170 Å². The molecule has 0 radical (unpaired) electrons. The summed E-state index contributed by atoms with van der Waals surface area (Å²) in [6.45, 7) is 2.29. The molecule has 1 saturated heterocycles. The van der Waals surface area contributed by atoms with Crippen LogP contribution >= 0.6 is 0 Å². The maximum atomic E-state index is 13.9. The highest BCUT2D eigenvalue weighted by atomic mass is 32.2. The molecule has 1 aliphatic heterocycles. The first kappa shape index (κ1) is 21.3. The van der Waals surface area contributed by atoms with E-state index in [1.165, 1.54) is 23.5 Å². The number of rotatable bonds is 6. The van der Waals surface area contributed by atoms with Gasteiger partial charge in [-0.1, -0.05) is 24.3 Å². The Bertz CT molecular complexity index is 966. The van der Waals surface area contributed by atoms with Crippen LogP contribution in [-0.4, -0.2) is 38.8 Å². The molecule has 1 heterocycles. The van der Waals surface area contributed by atoms with E-state index in [9.17, 15) is 17.6 Å². The lowest BCUT2D eigenvalue weighted by Crippen LogP contribution is -2.45. The van der Waals surface area contributed by atoms with E-state index in [-0.39, 0.29) is 23.1 Å². The minimum Gasteiger partial charge on any atom is -0.494 e. The van der Waals surface area contributed by atoms with E-state index in [1.807, 2.05) is 0 Å². The third-order valence-corrected chi connectivity index (χ3v) is 7.05. The number of methoxy groups -OCH3 is 1. The zero-order valence-electron chi connectivity index (χ0n) is 16.5. The molecule has 0 aromatic heterocycles. The predicted molar refractivity (Wildman–Crippen MR) is 107 cm³/mol. The lowest BCUT2D eigenvalue weighted by molar-refractivity contribution is -0.126. The molecule has 1 N–H and O–H groups in total. The van der Waals surface area contributed by atoms with Crippen LogP contribution in [0.2, 0.25) is 0 Å². The van der Waals surface area contributed by atoms with Crippen LogP contribution in [0.4, 0.5) is 4.39 Å². The molecule has 0 spiro atoms. The van der Waals surface area contributed by atoms with Crippen LogP contribution in [0.1, 0.15) is 31.4 Å². The molecule has 0 saturated carbocycles. The Morgan fingerprint density at radius 1 is 1.24 bits per heavy atom. The van der Waals surface area contributed by atoms with Crippen LogP contribution in [0.25, 0.3) is 0 Å². The van der Waals surface area contributed by atoms with Crippen molar-refractivity contribution in [2.75, 3.05) is 20.2 Å². The molecular formula is C21H25FN2O4S. The second kappa shape index (κ2) is 8.92. The summed E-state index contributed by atoms with van der Waals surface area (Å²) in [5, 5.41) is 2.87. The number of hydrogen-bond acceptors (Lipinski definition) is 4. The molecule has 0 bridgehead atoms. The molecule has 6 nitrogen and oxygen atoms in total. The minimum absolute atomic E-state index is 0.132. The second-order valence-electron chi connectivity index (χ2n) is 7.14. The van der Waals surface area contributed by atoms with Crippen LogP contribution in [0, 0.1) is 11.7 Å². The lowest BCUT2D eigenvalue weighted by Gasteiger charge is -2.32. The number of hydrogen-bond donors (Lipinski definition) is 1. The van der Waals surface area contributed by atoms with Crippen LogP contribution < -0.4 is 10.1 Å². The SMILES string of the molecule is COc1ccc(C(C)NC(=O)C2CCCN(S(=O)(=O)c3ccccc3)C2)cc1F. The molecule has 0 aliphatic carbocycles. The molecule has 2 atom stereocenters. The van der Waals surface area contributed by atoms with Crippen molar-refractivity contribution in [1.29, 1.82) is 0 Å². The number of carbonyl (C=O) groups is 1. The first-order valence-corrected chi connectivity index (χ1v) is 11.0. The van der Waals surface area contributed by atoms with Gasteiger partial charge in [0.25, 0.3) is 0 Å². The molecule has 3 rings (SSSR count). The Morgan fingerprint density at radius 2 is 1.97 bits per heavy atom. The van der Waals surface area contributed by atoms with E-state index in [1.54, 1.807) is 43.3 Å². The molecule has 1 amide bonds. The maximum Gasteiger partial charge on any atom is 0.243 e. The molecule has 8 heteroatoms. The third kappa shape index (κ3) is 4.76. The van der Waals surface area contributed by atoms with Gasteiger partial charge in [0.15, 0.2) is 11.6 Å². The first-order valence-electron chi connectivity index (χ1n) is 9.52. The second-order valence-corrected chi connectivity index (χ2v) is 9.08. The number of nitrogens with zero attached hydrogens (tertiary/aromatic N) is 1. The van der Waals surface area contributed by atoms with E-state index in [0.29, 0.717) is 24.9 Å². The summed E-state index contributed by atoms with van der Waals surface area (Å²) in [5.41, 5.74) is 0.612. The fourth-order valence-electron chi connectivity index (χ4n) is 3.48. The summed E-state index contributed by atoms with van der Waals surface area (Å²) in [4.78, 5) is 13.0. The summed E-state index contributed by atoms with van der Waals surface area (Å²) in [5.74, 6) is -1.04. The minimum atomic E-state index is -3.63. The van der Waals surface area contributed by atoms with Crippen molar-refractivity contribution >= 4 is 15.9 Å². The highest BCUT2D eigenvalue weighted by Crippen LogP contribution is 2.26. The number of halogens is 1. The number of benzene rings is 2. The fraction of sp³-hybridized carbons (Fsp3) is 0.381. The van der Waals surface area contributed by atoms with Crippen molar-refractivity contribution in [2.45, 2.75) is 30.7 Å². The van der Waals surface area contributed by atoms with Crippen LogP contribution in [0.15, 0.2) is 53.4 Å². The topological polar surface area (TPSA) is 75.7 Å². The molecule has 156 valence electrons. The number of sulfonamides is 1. The Balaban J connectivity index is 1.67. The maximum absolute atomic E-state index is 13.9. The van der Waals surface area contributed by atoms with Gasteiger partial charge >= 0.3 is 0 Å². The van der Waals surface area contributed by atoms with Crippen molar-refractivity contribution in [1.82, 2.24) is 9.62 Å². The highest BCUT2D eigenvalue weighted by molar-refractivity contribution is 7.89. The van der Waals surface area contributed by atoms with Crippen molar-refractivity contribution in [3.8, 4) is 5.75 Å². The number of nitrogens with one attached hydrogen (secondary N) is 1. The van der Waals surface area contributed by atoms with E-state index in [2.05, 4.69) is 5.32 Å². The fourth-order valence-corrected chi connectivity index (χ4v) is 5.03. The van der Waals surface area contributed by atoms with Gasteiger partial charge in [0.2, 0.25) is 15.9 Å². The van der Waals surface area contributed by atoms with Gasteiger partial charge < -0.3 is 10.1 Å². The normalized spacial score (nSPS) is 18.8. The van der Waals surface area contributed by atoms with Crippen LogP contribution in [-0.2, 0) is 14.8 Å².